The molecule has 0 aliphatic rings. The highest BCUT2D eigenvalue weighted by Crippen LogP contribution is 2.44. The van der Waals surface area contributed by atoms with E-state index in [0.717, 1.165) is 22.3 Å². The Morgan fingerprint density at radius 3 is 1.55 bits per heavy atom. The van der Waals surface area contributed by atoms with Crippen molar-refractivity contribution in [1.82, 2.24) is 0 Å². The van der Waals surface area contributed by atoms with Crippen molar-refractivity contribution < 1.29 is 12.6 Å². The molecule has 0 fully saturated rings. The number of fused-ring (bicyclic) bond motifs is 6. The van der Waals surface area contributed by atoms with Gasteiger partial charge in [-0.2, -0.15) is 0 Å². The van der Waals surface area contributed by atoms with E-state index in [0.29, 0.717) is 16.4 Å². The molecule has 10 rings (SSSR count). The molecule has 1 heteroatoms. The maximum absolute atomic E-state index is 9.09. The highest BCUT2D eigenvalue weighted by Gasteiger charge is 2.17. The number of hydrogen-bond donors (Lipinski definition) is 0. The Morgan fingerprint density at radius 1 is 0.347 bits per heavy atom. The standard InChI is InChI=1S/C48H30O/c1-2-11-31(12-3-1)34-15-10-16-38(27-34)48-41-19-8-6-17-39(41)47(40-18-7-9-20-42(40)48)33-23-21-32(22-24-33)37-25-26-45-43(29-37)44-28-35-13-4-5-14-36(35)30-46(44)49-45/h1-30H/i4D,5D,13D,14D,28D,30D. The van der Waals surface area contributed by atoms with Crippen molar-refractivity contribution in [1.29, 1.82) is 0 Å². The molecule has 0 N–H and O–H groups in total. The SMILES string of the molecule is [2H]c1c([2H])c([2H])c2c([2H])c3c(oc4ccc(-c5ccc(-c6c7ccccc7c(-c7cccc(-c8ccccc8)c7)c7ccccc67)cc5)cc43)c([2H])c2c1[2H]. The highest BCUT2D eigenvalue weighted by molar-refractivity contribution is 6.21. The summed E-state index contributed by atoms with van der Waals surface area (Å²) in [6.45, 7) is 0. The molecule has 0 saturated carbocycles. The van der Waals surface area contributed by atoms with Gasteiger partial charge >= 0.3 is 0 Å². The molecule has 10 aromatic rings. The first-order valence-corrected chi connectivity index (χ1v) is 16.4. The van der Waals surface area contributed by atoms with Crippen molar-refractivity contribution >= 4 is 54.3 Å². The molecule has 9 aromatic carbocycles. The second-order valence-corrected chi connectivity index (χ2v) is 12.4. The highest BCUT2D eigenvalue weighted by atomic mass is 16.3. The van der Waals surface area contributed by atoms with Crippen LogP contribution in [0.3, 0.4) is 0 Å². The van der Waals surface area contributed by atoms with Gasteiger partial charge in [-0.1, -0.05) is 152 Å². The molecule has 0 spiro atoms. The molecule has 228 valence electrons. The van der Waals surface area contributed by atoms with Crippen molar-refractivity contribution in [3.63, 3.8) is 0 Å². The van der Waals surface area contributed by atoms with Gasteiger partial charge in [-0.15, -0.1) is 0 Å². The Hall–Kier alpha value is -6.44. The quantitative estimate of drug-likeness (QED) is 0.177. The number of benzene rings is 9. The van der Waals surface area contributed by atoms with Gasteiger partial charge in [-0.25, -0.2) is 0 Å². The van der Waals surface area contributed by atoms with Crippen LogP contribution in [0.1, 0.15) is 8.22 Å². The van der Waals surface area contributed by atoms with E-state index in [9.17, 15) is 0 Å². The number of furan rings is 1. The first kappa shape index (κ1) is 22.2. The molecule has 0 aliphatic heterocycles. The van der Waals surface area contributed by atoms with Crippen LogP contribution in [-0.2, 0) is 0 Å². The van der Waals surface area contributed by atoms with E-state index in [1.807, 2.05) is 24.3 Å². The fourth-order valence-electron chi connectivity index (χ4n) is 7.29. The van der Waals surface area contributed by atoms with Crippen LogP contribution in [0.4, 0.5) is 0 Å². The van der Waals surface area contributed by atoms with Gasteiger partial charge in [0.25, 0.3) is 0 Å². The molecule has 0 radical (unpaired) electrons. The van der Waals surface area contributed by atoms with Crippen LogP contribution >= 0.6 is 0 Å². The molecule has 0 bridgehead atoms. The third kappa shape index (κ3) is 4.55. The van der Waals surface area contributed by atoms with E-state index >= 15 is 0 Å². The zero-order valence-corrected chi connectivity index (χ0v) is 26.3. The molecule has 1 heterocycles. The van der Waals surface area contributed by atoms with Gasteiger partial charge in [0.15, 0.2) is 0 Å². The summed E-state index contributed by atoms with van der Waals surface area (Å²) >= 11 is 0. The summed E-state index contributed by atoms with van der Waals surface area (Å²) < 4.78 is 57.4. The molecule has 0 aliphatic carbocycles. The average Bonchev–Trinajstić information content (AvgIpc) is 3.62. The van der Waals surface area contributed by atoms with Crippen molar-refractivity contribution in [2.24, 2.45) is 0 Å². The van der Waals surface area contributed by atoms with E-state index in [2.05, 4.69) is 121 Å². The summed E-state index contributed by atoms with van der Waals surface area (Å²) in [7, 11) is 0. The predicted molar refractivity (Wildman–Crippen MR) is 208 cm³/mol. The van der Waals surface area contributed by atoms with Gasteiger partial charge in [0.05, 0.1) is 8.22 Å². The second kappa shape index (κ2) is 11.1. The third-order valence-corrected chi connectivity index (χ3v) is 9.56. The Labute approximate surface area is 292 Å². The van der Waals surface area contributed by atoms with Crippen molar-refractivity contribution in [2.75, 3.05) is 0 Å². The van der Waals surface area contributed by atoms with Crippen LogP contribution < -0.4 is 0 Å². The minimum Gasteiger partial charge on any atom is -0.456 e. The largest absolute Gasteiger partial charge is 0.456 e. The van der Waals surface area contributed by atoms with Crippen molar-refractivity contribution in [2.45, 2.75) is 0 Å². The zero-order valence-electron chi connectivity index (χ0n) is 32.3. The normalized spacial score (nSPS) is 13.4. The molecule has 1 nitrogen and oxygen atoms in total. The first-order valence-electron chi connectivity index (χ1n) is 19.4. The Morgan fingerprint density at radius 2 is 0.857 bits per heavy atom. The minimum atomic E-state index is -0.433. The second-order valence-electron chi connectivity index (χ2n) is 12.4. The topological polar surface area (TPSA) is 13.1 Å². The number of rotatable bonds is 4. The van der Waals surface area contributed by atoms with E-state index in [-0.39, 0.29) is 40.5 Å². The summed E-state index contributed by atoms with van der Waals surface area (Å²) in [5, 5.41) is 5.69. The smallest absolute Gasteiger partial charge is 0.136 e. The monoisotopic (exact) mass is 628 g/mol. The Bertz CT molecular complexity index is 3150. The van der Waals surface area contributed by atoms with Gasteiger partial charge < -0.3 is 4.42 Å². The lowest BCUT2D eigenvalue weighted by molar-refractivity contribution is 0.669. The lowest BCUT2D eigenvalue weighted by Crippen LogP contribution is -1.91. The summed E-state index contributed by atoms with van der Waals surface area (Å²) in [5.74, 6) is 0. The van der Waals surface area contributed by atoms with Gasteiger partial charge in [0.1, 0.15) is 11.2 Å². The molecule has 1 aromatic heterocycles. The maximum Gasteiger partial charge on any atom is 0.136 e. The summed E-state index contributed by atoms with van der Waals surface area (Å²) in [5.41, 5.74) is 9.45. The Balaban J connectivity index is 1.12. The molecular formula is C48H30O. The van der Waals surface area contributed by atoms with Gasteiger partial charge in [-0.05, 0) is 107 Å². The van der Waals surface area contributed by atoms with Gasteiger partial charge in [-0.3, -0.25) is 0 Å². The molecule has 0 amide bonds. The third-order valence-electron chi connectivity index (χ3n) is 9.56. The molecule has 0 atom stereocenters. The number of hydrogen-bond acceptors (Lipinski definition) is 1. The van der Waals surface area contributed by atoms with Crippen molar-refractivity contribution in [3.8, 4) is 44.5 Å². The first-order chi connectivity index (χ1) is 26.8. The van der Waals surface area contributed by atoms with E-state index in [1.165, 1.54) is 43.8 Å². The lowest BCUT2D eigenvalue weighted by Gasteiger charge is -2.18. The van der Waals surface area contributed by atoms with Gasteiger partial charge in [0, 0.05) is 10.8 Å². The van der Waals surface area contributed by atoms with E-state index < -0.39 is 12.1 Å². The Kier molecular flexibility index (Phi) is 5.02. The van der Waals surface area contributed by atoms with Crippen LogP contribution in [0, 0.1) is 0 Å². The van der Waals surface area contributed by atoms with E-state index in [1.54, 1.807) is 0 Å². The van der Waals surface area contributed by atoms with Crippen LogP contribution in [-0.4, -0.2) is 0 Å². The molecule has 0 unspecified atom stereocenters. The van der Waals surface area contributed by atoms with Crippen LogP contribution in [0.15, 0.2) is 186 Å². The fraction of sp³-hybridized carbons (Fsp3) is 0. The fourth-order valence-corrected chi connectivity index (χ4v) is 7.29. The molecule has 0 saturated heterocycles. The summed E-state index contributed by atoms with van der Waals surface area (Å²) in [6.07, 6.45) is 0. The summed E-state index contributed by atoms with van der Waals surface area (Å²) in [4.78, 5) is 0. The van der Waals surface area contributed by atoms with E-state index in [4.69, 9.17) is 12.6 Å². The molecule has 49 heavy (non-hydrogen) atoms. The minimum absolute atomic E-state index is 0.00727. The van der Waals surface area contributed by atoms with Crippen LogP contribution in [0.5, 0.6) is 0 Å². The average molecular weight is 629 g/mol. The maximum atomic E-state index is 9.09. The lowest BCUT2D eigenvalue weighted by atomic mass is 9.85. The molecular weight excluding hydrogens is 593 g/mol. The van der Waals surface area contributed by atoms with Gasteiger partial charge in [0.2, 0.25) is 0 Å². The van der Waals surface area contributed by atoms with Crippen LogP contribution in [0.25, 0.3) is 98.8 Å². The van der Waals surface area contributed by atoms with Crippen molar-refractivity contribution in [3.05, 3.63) is 182 Å². The zero-order chi connectivity index (χ0) is 37.5. The van der Waals surface area contributed by atoms with Crippen LogP contribution in [0.2, 0.25) is 0 Å². The predicted octanol–water partition coefficient (Wildman–Crippen LogP) is 13.7. The summed E-state index contributed by atoms with van der Waals surface area (Å²) in [6, 6.07) is 49.0.